The summed E-state index contributed by atoms with van der Waals surface area (Å²) in [5.41, 5.74) is 1.50. The van der Waals surface area contributed by atoms with Gasteiger partial charge in [-0.1, -0.05) is 11.3 Å². The van der Waals surface area contributed by atoms with E-state index in [9.17, 15) is 18.0 Å². The first-order valence-electron chi connectivity index (χ1n) is 10.4. The van der Waals surface area contributed by atoms with Crippen LogP contribution in [0.5, 0.6) is 0 Å². The number of amides is 1. The molecule has 0 fully saturated rings. The number of hydrogen-bond acceptors (Lipinski definition) is 7. The first kappa shape index (κ1) is 24.8. The SMILES string of the molecule is CCOCCn1c(=NC(=O)c2ccc(S(=O)(=O)C(C)C)cc2)sc2cc(C(=O)OC)ccc21. The molecule has 0 atom stereocenters. The molecule has 0 saturated carbocycles. The molecular weight excluding hydrogens is 464 g/mol. The van der Waals surface area contributed by atoms with Gasteiger partial charge in [-0.25, -0.2) is 13.2 Å². The fraction of sp³-hybridized carbons (Fsp3) is 0.348. The summed E-state index contributed by atoms with van der Waals surface area (Å²) < 4.78 is 37.5. The van der Waals surface area contributed by atoms with Crippen LogP contribution in [-0.2, 0) is 25.9 Å². The van der Waals surface area contributed by atoms with Gasteiger partial charge in [0, 0.05) is 18.7 Å². The van der Waals surface area contributed by atoms with Gasteiger partial charge in [0.25, 0.3) is 5.91 Å². The van der Waals surface area contributed by atoms with Gasteiger partial charge in [0.15, 0.2) is 14.6 Å². The Bertz CT molecular complexity index is 1340. The minimum absolute atomic E-state index is 0.165. The molecule has 1 aromatic heterocycles. The van der Waals surface area contributed by atoms with E-state index in [1.54, 1.807) is 32.0 Å². The molecular formula is C23H26N2O6S2. The molecule has 0 radical (unpaired) electrons. The molecule has 1 heterocycles. The number of esters is 1. The molecule has 3 aromatic rings. The van der Waals surface area contributed by atoms with E-state index in [2.05, 4.69) is 4.99 Å². The van der Waals surface area contributed by atoms with Crippen LogP contribution in [0.4, 0.5) is 0 Å². The zero-order chi connectivity index (χ0) is 24.2. The number of fused-ring (bicyclic) bond motifs is 1. The van der Waals surface area contributed by atoms with Crippen LogP contribution in [0.3, 0.4) is 0 Å². The number of sulfone groups is 1. The van der Waals surface area contributed by atoms with Crippen molar-refractivity contribution in [2.45, 2.75) is 37.5 Å². The van der Waals surface area contributed by atoms with E-state index in [1.165, 1.54) is 42.7 Å². The second-order valence-electron chi connectivity index (χ2n) is 7.44. The molecule has 3 rings (SSSR count). The lowest BCUT2D eigenvalue weighted by Crippen LogP contribution is -2.20. The summed E-state index contributed by atoms with van der Waals surface area (Å²) in [6.07, 6.45) is 0. The van der Waals surface area contributed by atoms with Crippen LogP contribution < -0.4 is 4.80 Å². The molecule has 2 aromatic carbocycles. The lowest BCUT2D eigenvalue weighted by molar-refractivity contribution is 0.0600. The maximum Gasteiger partial charge on any atom is 0.337 e. The summed E-state index contributed by atoms with van der Waals surface area (Å²) in [7, 11) is -2.10. The van der Waals surface area contributed by atoms with Crippen LogP contribution in [0.15, 0.2) is 52.4 Å². The zero-order valence-electron chi connectivity index (χ0n) is 18.9. The van der Waals surface area contributed by atoms with Gasteiger partial charge < -0.3 is 14.0 Å². The summed E-state index contributed by atoms with van der Waals surface area (Å²) in [6.45, 7) is 6.59. The molecule has 0 aliphatic rings. The molecule has 8 nitrogen and oxygen atoms in total. The van der Waals surface area contributed by atoms with E-state index in [1.807, 2.05) is 11.5 Å². The molecule has 0 bridgehead atoms. The van der Waals surface area contributed by atoms with Crippen molar-refractivity contribution in [1.29, 1.82) is 0 Å². The van der Waals surface area contributed by atoms with Crippen molar-refractivity contribution in [1.82, 2.24) is 4.57 Å². The second-order valence-corrected chi connectivity index (χ2v) is 11.0. The average molecular weight is 491 g/mol. The molecule has 0 aliphatic heterocycles. The summed E-state index contributed by atoms with van der Waals surface area (Å²) in [6, 6.07) is 10.9. The van der Waals surface area contributed by atoms with E-state index < -0.39 is 27.0 Å². The molecule has 0 saturated heterocycles. The number of hydrogen-bond donors (Lipinski definition) is 0. The molecule has 0 spiro atoms. The van der Waals surface area contributed by atoms with Crippen molar-refractivity contribution in [2.75, 3.05) is 20.3 Å². The Balaban J connectivity index is 2.03. The first-order chi connectivity index (χ1) is 15.7. The van der Waals surface area contributed by atoms with Gasteiger partial charge in [0.2, 0.25) is 0 Å². The van der Waals surface area contributed by atoms with E-state index in [-0.39, 0.29) is 10.5 Å². The maximum atomic E-state index is 12.9. The number of rotatable bonds is 8. The van der Waals surface area contributed by atoms with Gasteiger partial charge in [0.05, 0.1) is 39.6 Å². The Hall–Kier alpha value is -2.82. The number of carbonyl (C=O) groups excluding carboxylic acids is 2. The van der Waals surface area contributed by atoms with Crippen molar-refractivity contribution in [2.24, 2.45) is 4.99 Å². The van der Waals surface area contributed by atoms with Crippen molar-refractivity contribution in [3.63, 3.8) is 0 Å². The van der Waals surface area contributed by atoms with Crippen molar-refractivity contribution >= 4 is 43.3 Å². The summed E-state index contributed by atoms with van der Waals surface area (Å²) in [4.78, 5) is 29.7. The molecule has 10 heteroatoms. The number of carbonyl (C=O) groups is 2. The van der Waals surface area contributed by atoms with Crippen molar-refractivity contribution < 1.29 is 27.5 Å². The Morgan fingerprint density at radius 2 is 1.76 bits per heavy atom. The fourth-order valence-corrected chi connectivity index (χ4v) is 5.28. The molecule has 1 amide bonds. The van der Waals surface area contributed by atoms with Gasteiger partial charge in [0.1, 0.15) is 0 Å². The smallest absolute Gasteiger partial charge is 0.337 e. The molecule has 176 valence electrons. The quantitative estimate of drug-likeness (QED) is 0.354. The molecule has 33 heavy (non-hydrogen) atoms. The monoisotopic (exact) mass is 490 g/mol. The minimum atomic E-state index is -3.42. The maximum absolute atomic E-state index is 12.9. The Labute approximate surface area is 196 Å². The Morgan fingerprint density at radius 1 is 1.09 bits per heavy atom. The predicted octanol–water partition coefficient (Wildman–Crippen LogP) is 3.45. The standard InChI is InChI=1S/C23H26N2O6S2/c1-5-31-13-12-25-19-11-8-17(22(27)30-4)14-20(19)32-23(25)24-21(26)16-6-9-18(10-7-16)33(28,29)15(2)3/h6-11,14-15H,5,12-13H2,1-4H3. The van der Waals surface area contributed by atoms with Gasteiger partial charge in [-0.2, -0.15) is 4.99 Å². The summed E-state index contributed by atoms with van der Waals surface area (Å²) in [5, 5.41) is -0.554. The van der Waals surface area contributed by atoms with Gasteiger partial charge in [-0.3, -0.25) is 4.79 Å². The Kier molecular flexibility index (Phi) is 7.83. The fourth-order valence-electron chi connectivity index (χ4n) is 3.13. The van der Waals surface area contributed by atoms with Gasteiger partial charge >= 0.3 is 5.97 Å². The molecule has 0 unspecified atom stereocenters. The molecule has 0 N–H and O–H groups in total. The minimum Gasteiger partial charge on any atom is -0.465 e. The summed E-state index contributed by atoms with van der Waals surface area (Å²) >= 11 is 1.27. The van der Waals surface area contributed by atoms with Crippen LogP contribution in [0.25, 0.3) is 10.2 Å². The Morgan fingerprint density at radius 3 is 2.36 bits per heavy atom. The van der Waals surface area contributed by atoms with Crippen LogP contribution in [0, 0.1) is 0 Å². The summed E-state index contributed by atoms with van der Waals surface area (Å²) in [5.74, 6) is -0.939. The highest BCUT2D eigenvalue weighted by Gasteiger charge is 2.19. The topological polar surface area (TPSA) is 104 Å². The number of methoxy groups -OCH3 is 1. The third kappa shape index (κ3) is 5.40. The number of benzene rings is 2. The van der Waals surface area contributed by atoms with Crippen LogP contribution in [0.1, 0.15) is 41.5 Å². The van der Waals surface area contributed by atoms with E-state index in [0.29, 0.717) is 30.1 Å². The van der Waals surface area contributed by atoms with Gasteiger partial charge in [-0.05, 0) is 63.2 Å². The lowest BCUT2D eigenvalue weighted by atomic mass is 10.2. The van der Waals surface area contributed by atoms with Crippen molar-refractivity contribution in [3.05, 3.63) is 58.4 Å². The highest BCUT2D eigenvalue weighted by Crippen LogP contribution is 2.21. The predicted molar refractivity (Wildman–Crippen MR) is 126 cm³/mol. The highest BCUT2D eigenvalue weighted by atomic mass is 32.2. The number of thiazole rings is 1. The van der Waals surface area contributed by atoms with Crippen molar-refractivity contribution in [3.8, 4) is 0 Å². The van der Waals surface area contributed by atoms with E-state index in [0.717, 1.165) is 10.2 Å². The lowest BCUT2D eigenvalue weighted by Gasteiger charge is -2.08. The average Bonchev–Trinajstić information content (AvgIpc) is 3.14. The largest absolute Gasteiger partial charge is 0.465 e. The third-order valence-corrected chi connectivity index (χ3v) is 8.23. The second kappa shape index (κ2) is 10.4. The number of ether oxygens (including phenoxy) is 2. The zero-order valence-corrected chi connectivity index (χ0v) is 20.5. The normalized spacial score (nSPS) is 12.5. The van der Waals surface area contributed by atoms with E-state index in [4.69, 9.17) is 9.47 Å². The number of aromatic nitrogens is 1. The first-order valence-corrected chi connectivity index (χ1v) is 12.8. The number of nitrogens with zero attached hydrogens (tertiary/aromatic N) is 2. The van der Waals surface area contributed by atoms with Crippen LogP contribution >= 0.6 is 11.3 Å². The van der Waals surface area contributed by atoms with Gasteiger partial charge in [-0.15, -0.1) is 0 Å². The highest BCUT2D eigenvalue weighted by molar-refractivity contribution is 7.92. The third-order valence-electron chi connectivity index (χ3n) is 5.01. The molecule has 0 aliphatic carbocycles. The van der Waals surface area contributed by atoms with E-state index >= 15 is 0 Å². The van der Waals surface area contributed by atoms with Crippen LogP contribution in [-0.4, -0.2) is 50.4 Å². The van der Waals surface area contributed by atoms with Crippen LogP contribution in [0.2, 0.25) is 0 Å².